The van der Waals surface area contributed by atoms with Crippen LogP contribution >= 0.6 is 0 Å². The summed E-state index contributed by atoms with van der Waals surface area (Å²) in [6.07, 6.45) is 0. The van der Waals surface area contributed by atoms with Gasteiger partial charge in [-0.2, -0.15) is 0 Å². The predicted molar refractivity (Wildman–Crippen MR) is 219 cm³/mol. The van der Waals surface area contributed by atoms with Crippen molar-refractivity contribution in [1.82, 2.24) is 15.0 Å². The summed E-state index contributed by atoms with van der Waals surface area (Å²) < 4.78 is 6.28. The van der Waals surface area contributed by atoms with E-state index in [2.05, 4.69) is 164 Å². The van der Waals surface area contributed by atoms with Gasteiger partial charge in [0.15, 0.2) is 17.5 Å². The van der Waals surface area contributed by atoms with Crippen LogP contribution in [0.4, 0.5) is 0 Å². The Balaban J connectivity index is 1.17. The van der Waals surface area contributed by atoms with Crippen LogP contribution in [0, 0.1) is 0 Å². The highest BCUT2D eigenvalue weighted by Crippen LogP contribution is 2.38. The molecule has 9 aromatic carbocycles. The Morgan fingerprint density at radius 3 is 1.74 bits per heavy atom. The van der Waals surface area contributed by atoms with Crippen LogP contribution < -0.4 is 0 Å². The summed E-state index contributed by atoms with van der Waals surface area (Å²) in [6, 6.07) is 61.7. The first-order chi connectivity index (χ1) is 26.2. The third kappa shape index (κ3) is 4.88. The fourth-order valence-electron chi connectivity index (χ4n) is 7.90. The van der Waals surface area contributed by atoms with Crippen LogP contribution in [0.15, 0.2) is 180 Å². The summed E-state index contributed by atoms with van der Waals surface area (Å²) in [6.45, 7) is 0. The highest BCUT2D eigenvalue weighted by molar-refractivity contribution is 6.13. The third-order valence-electron chi connectivity index (χ3n) is 10.4. The van der Waals surface area contributed by atoms with Crippen molar-refractivity contribution in [3.8, 4) is 45.3 Å². The summed E-state index contributed by atoms with van der Waals surface area (Å²) in [5, 5.41) is 11.3. The van der Waals surface area contributed by atoms with Gasteiger partial charge in [-0.3, -0.25) is 0 Å². The number of fused-ring (bicyclic) bond motifs is 8. The first-order valence-corrected chi connectivity index (χ1v) is 17.8. The van der Waals surface area contributed by atoms with Crippen LogP contribution in [0.25, 0.3) is 110 Å². The Bertz CT molecular complexity index is 3240. The van der Waals surface area contributed by atoms with Crippen LogP contribution in [0.5, 0.6) is 0 Å². The molecular weight excluding hydrogens is 647 g/mol. The van der Waals surface area contributed by atoms with Crippen molar-refractivity contribution < 1.29 is 4.42 Å². The molecule has 246 valence electrons. The zero-order valence-corrected chi connectivity index (χ0v) is 28.5. The Morgan fingerprint density at radius 1 is 0.283 bits per heavy atom. The standard InChI is InChI=1S/C49H29N3O/c1-2-12-30(13-3-1)42-28-36(24-32-14-4-7-17-38(32)42)48-50-47(34-23-22-31-26-43-41-20-10-11-21-45(41)53-46(43)29-35(31)25-34)51-49(52-48)44-27-33-15-5-6-16-37(33)39-18-8-9-19-40(39)44/h1-29H. The van der Waals surface area contributed by atoms with Crippen molar-refractivity contribution in [1.29, 1.82) is 0 Å². The average Bonchev–Trinajstić information content (AvgIpc) is 3.59. The lowest BCUT2D eigenvalue weighted by atomic mass is 9.95. The average molecular weight is 676 g/mol. The summed E-state index contributed by atoms with van der Waals surface area (Å²) in [4.78, 5) is 15.8. The summed E-state index contributed by atoms with van der Waals surface area (Å²) >= 11 is 0. The van der Waals surface area contributed by atoms with E-state index in [-0.39, 0.29) is 0 Å². The number of rotatable bonds is 4. The van der Waals surface area contributed by atoms with E-state index in [0.717, 1.165) is 76.7 Å². The second-order valence-electron chi connectivity index (χ2n) is 13.6. The molecule has 0 spiro atoms. The SMILES string of the molecule is c1ccc(-c2cc(-c3nc(-c4ccc5cc6c(cc5c4)oc4ccccc46)nc(-c4cc5ccccc5c5ccccc45)n3)cc3ccccc23)cc1. The lowest BCUT2D eigenvalue weighted by molar-refractivity contribution is 0.669. The Morgan fingerprint density at radius 2 is 0.906 bits per heavy atom. The second kappa shape index (κ2) is 11.7. The largest absolute Gasteiger partial charge is 0.456 e. The van der Waals surface area contributed by atoms with Crippen molar-refractivity contribution in [2.75, 3.05) is 0 Å². The molecule has 4 heteroatoms. The van der Waals surface area contributed by atoms with Gasteiger partial charge in [0.2, 0.25) is 0 Å². The molecule has 0 radical (unpaired) electrons. The van der Waals surface area contributed by atoms with Crippen LogP contribution in [-0.4, -0.2) is 15.0 Å². The van der Waals surface area contributed by atoms with Gasteiger partial charge in [-0.15, -0.1) is 0 Å². The molecule has 0 unspecified atom stereocenters. The van der Waals surface area contributed by atoms with Crippen LogP contribution in [0.3, 0.4) is 0 Å². The number of benzene rings is 9. The van der Waals surface area contributed by atoms with E-state index < -0.39 is 0 Å². The molecule has 11 rings (SSSR count). The molecule has 2 heterocycles. The van der Waals surface area contributed by atoms with E-state index in [9.17, 15) is 0 Å². The van der Waals surface area contributed by atoms with Gasteiger partial charge in [-0.25, -0.2) is 15.0 Å². The van der Waals surface area contributed by atoms with Gasteiger partial charge in [-0.05, 0) is 96.7 Å². The van der Waals surface area contributed by atoms with Crippen LogP contribution in [0.2, 0.25) is 0 Å². The van der Waals surface area contributed by atoms with Crippen LogP contribution in [0.1, 0.15) is 0 Å². The summed E-state index contributed by atoms with van der Waals surface area (Å²) in [5.74, 6) is 1.87. The minimum Gasteiger partial charge on any atom is -0.456 e. The molecular formula is C49H29N3O. The van der Waals surface area contributed by atoms with Gasteiger partial charge in [-0.1, -0.05) is 133 Å². The first-order valence-electron chi connectivity index (χ1n) is 17.8. The summed E-state index contributed by atoms with van der Waals surface area (Å²) in [5.41, 5.74) is 6.84. The molecule has 4 nitrogen and oxygen atoms in total. The smallest absolute Gasteiger partial charge is 0.164 e. The van der Waals surface area contributed by atoms with E-state index in [0.29, 0.717) is 17.5 Å². The molecule has 0 fully saturated rings. The van der Waals surface area contributed by atoms with E-state index >= 15 is 0 Å². The quantitative estimate of drug-likeness (QED) is 0.174. The van der Waals surface area contributed by atoms with Gasteiger partial charge >= 0.3 is 0 Å². The minimum absolute atomic E-state index is 0.614. The minimum atomic E-state index is 0.614. The molecule has 0 saturated heterocycles. The predicted octanol–water partition coefficient (Wildman–Crippen LogP) is 13.1. The molecule has 0 aliphatic carbocycles. The number of hydrogen-bond acceptors (Lipinski definition) is 4. The van der Waals surface area contributed by atoms with E-state index in [4.69, 9.17) is 19.4 Å². The molecule has 0 aliphatic heterocycles. The molecule has 0 N–H and O–H groups in total. The van der Waals surface area contributed by atoms with Crippen molar-refractivity contribution >= 4 is 65.0 Å². The zero-order valence-electron chi connectivity index (χ0n) is 28.5. The molecule has 53 heavy (non-hydrogen) atoms. The van der Waals surface area contributed by atoms with Gasteiger partial charge in [0.1, 0.15) is 11.2 Å². The molecule has 0 aliphatic rings. The van der Waals surface area contributed by atoms with Crippen molar-refractivity contribution in [2.24, 2.45) is 0 Å². The Hall–Kier alpha value is -7.17. The van der Waals surface area contributed by atoms with Crippen molar-refractivity contribution in [2.45, 2.75) is 0 Å². The maximum atomic E-state index is 6.28. The van der Waals surface area contributed by atoms with E-state index in [1.807, 2.05) is 12.1 Å². The fraction of sp³-hybridized carbons (Fsp3) is 0. The highest BCUT2D eigenvalue weighted by atomic mass is 16.3. The normalized spacial score (nSPS) is 11.8. The second-order valence-corrected chi connectivity index (χ2v) is 13.6. The van der Waals surface area contributed by atoms with Gasteiger partial charge in [0.25, 0.3) is 0 Å². The van der Waals surface area contributed by atoms with Gasteiger partial charge in [0.05, 0.1) is 0 Å². The molecule has 0 bridgehead atoms. The maximum Gasteiger partial charge on any atom is 0.164 e. The lowest BCUT2D eigenvalue weighted by Crippen LogP contribution is -2.01. The fourth-order valence-corrected chi connectivity index (χ4v) is 7.90. The Kier molecular flexibility index (Phi) is 6.52. The van der Waals surface area contributed by atoms with Gasteiger partial charge < -0.3 is 4.42 Å². The number of nitrogens with zero attached hydrogens (tertiary/aromatic N) is 3. The lowest BCUT2D eigenvalue weighted by Gasteiger charge is -2.14. The highest BCUT2D eigenvalue weighted by Gasteiger charge is 2.18. The molecule has 0 atom stereocenters. The van der Waals surface area contributed by atoms with E-state index in [1.165, 1.54) is 16.2 Å². The van der Waals surface area contributed by atoms with E-state index in [1.54, 1.807) is 0 Å². The molecule has 0 saturated carbocycles. The van der Waals surface area contributed by atoms with Crippen molar-refractivity contribution in [3.05, 3.63) is 176 Å². The zero-order chi connectivity index (χ0) is 34.9. The number of hydrogen-bond donors (Lipinski definition) is 0. The van der Waals surface area contributed by atoms with Crippen LogP contribution in [-0.2, 0) is 0 Å². The monoisotopic (exact) mass is 675 g/mol. The maximum absolute atomic E-state index is 6.28. The molecule has 0 amide bonds. The summed E-state index contributed by atoms with van der Waals surface area (Å²) in [7, 11) is 0. The topological polar surface area (TPSA) is 51.8 Å². The first kappa shape index (κ1) is 29.5. The number of furan rings is 1. The van der Waals surface area contributed by atoms with Gasteiger partial charge in [0, 0.05) is 27.5 Å². The molecule has 2 aromatic heterocycles. The number of para-hydroxylation sites is 1. The number of aromatic nitrogens is 3. The molecule has 11 aromatic rings. The third-order valence-corrected chi connectivity index (χ3v) is 10.4. The Labute approximate surface area is 304 Å². The van der Waals surface area contributed by atoms with Crippen molar-refractivity contribution in [3.63, 3.8) is 0 Å².